The van der Waals surface area contributed by atoms with Crippen molar-refractivity contribution in [2.24, 2.45) is 0 Å². The van der Waals surface area contributed by atoms with Gasteiger partial charge in [0.2, 0.25) is 10.7 Å². The van der Waals surface area contributed by atoms with Crippen molar-refractivity contribution < 1.29 is 37.1 Å². The second-order valence-electron chi connectivity index (χ2n) is 10.5. The number of nitrogens with zero attached hydrogens (tertiary/aromatic N) is 5. The first-order valence-corrected chi connectivity index (χ1v) is 14.2. The Kier molecular flexibility index (Phi) is 7.12. The Bertz CT molecular complexity index is 1680. The number of ether oxygens (including phenoxy) is 2. The number of hydrogen-bond acceptors (Lipinski definition) is 8. The van der Waals surface area contributed by atoms with Crippen LogP contribution in [-0.2, 0) is 33.6 Å². The molecule has 1 fully saturated rings. The highest BCUT2D eigenvalue weighted by atomic mass is 32.2. The summed E-state index contributed by atoms with van der Waals surface area (Å²) in [4.78, 5) is 17.3. The number of hydrogen-bond donors (Lipinski definition) is 1. The summed E-state index contributed by atoms with van der Waals surface area (Å²) < 4.78 is 68.3. The van der Waals surface area contributed by atoms with E-state index in [-0.39, 0.29) is 18.6 Å². The summed E-state index contributed by atoms with van der Waals surface area (Å²) in [7, 11) is 0. The Morgan fingerprint density at radius 3 is 2.62 bits per heavy atom. The van der Waals surface area contributed by atoms with Crippen molar-refractivity contribution in [1.29, 1.82) is 0 Å². The summed E-state index contributed by atoms with van der Waals surface area (Å²) in [5.74, 6) is -2.52. The summed E-state index contributed by atoms with van der Waals surface area (Å²) >= 11 is -1.57. The zero-order chi connectivity index (χ0) is 29.8. The van der Waals surface area contributed by atoms with Gasteiger partial charge in [-0.15, -0.1) is 14.5 Å². The summed E-state index contributed by atoms with van der Waals surface area (Å²) in [5, 5.41) is 16.8. The molecule has 6 rings (SSSR count). The van der Waals surface area contributed by atoms with E-state index < -0.39 is 40.9 Å². The van der Waals surface area contributed by atoms with E-state index in [1.54, 1.807) is 35.5 Å². The van der Waals surface area contributed by atoms with E-state index in [0.717, 1.165) is 9.96 Å². The first-order chi connectivity index (χ1) is 20.0. The highest BCUT2D eigenvalue weighted by Gasteiger charge is 2.49. The van der Waals surface area contributed by atoms with Gasteiger partial charge in [-0.2, -0.15) is 13.2 Å². The number of alkyl halides is 3. The number of fused-ring (bicyclic) bond motifs is 2. The molecular weight excluding hydrogens is 575 g/mol. The number of aryl methyl sites for hydroxylation is 2. The largest absolute Gasteiger partial charge is 0.593 e. The predicted octanol–water partition coefficient (Wildman–Crippen LogP) is 4.05. The van der Waals surface area contributed by atoms with Crippen molar-refractivity contribution in [1.82, 2.24) is 23.9 Å². The third-order valence-electron chi connectivity index (χ3n) is 7.57. The predicted molar refractivity (Wildman–Crippen MR) is 143 cm³/mol. The lowest BCUT2D eigenvalue weighted by Gasteiger charge is -2.41. The Morgan fingerprint density at radius 1 is 1.17 bits per heavy atom. The molecule has 1 spiro atoms. The molecule has 2 unspecified atom stereocenters. The minimum absolute atomic E-state index is 0.0193. The zero-order valence-corrected chi connectivity index (χ0v) is 23.4. The quantitative estimate of drug-likeness (QED) is 0.326. The Labute approximate surface area is 241 Å². The van der Waals surface area contributed by atoms with Gasteiger partial charge in [0.15, 0.2) is 17.0 Å². The molecule has 1 N–H and O–H groups in total. The number of halogens is 3. The number of benzene rings is 1. The van der Waals surface area contributed by atoms with Gasteiger partial charge in [0.1, 0.15) is 0 Å². The highest BCUT2D eigenvalue weighted by molar-refractivity contribution is 7.89. The lowest BCUT2D eigenvalue weighted by atomic mass is 9.89. The van der Waals surface area contributed by atoms with Crippen LogP contribution < -0.4 is 4.74 Å². The van der Waals surface area contributed by atoms with Crippen LogP contribution in [0.15, 0.2) is 53.6 Å². The van der Waals surface area contributed by atoms with Gasteiger partial charge in [-0.3, -0.25) is 14.2 Å². The molecule has 220 valence electrons. The standard InChI is InChI=1S/C28H26F3N5O5S/c1-16-7-8-20(19(11-24(37)38)18-9-10-36-25(17(18)2)33-34-26(36)28(29,30)31)32-21(16)12-35-13-27(14-40-15-27)41-22-5-3-4-6-23(22)42(35)39/h3-10,19H,11-15H2,1-2H3,(H,37,38). The summed E-state index contributed by atoms with van der Waals surface area (Å²) in [5.41, 5.74) is 1.98. The topological polar surface area (TPSA) is 125 Å². The zero-order valence-electron chi connectivity index (χ0n) is 22.6. The van der Waals surface area contributed by atoms with E-state index >= 15 is 0 Å². The highest BCUT2D eigenvalue weighted by Crippen LogP contribution is 2.39. The summed E-state index contributed by atoms with van der Waals surface area (Å²) in [6.45, 7) is 4.65. The molecule has 1 saturated heterocycles. The van der Waals surface area contributed by atoms with Gasteiger partial charge in [-0.1, -0.05) is 18.2 Å². The van der Waals surface area contributed by atoms with Crippen LogP contribution in [0, 0.1) is 13.8 Å². The fourth-order valence-electron chi connectivity index (χ4n) is 5.38. The van der Waals surface area contributed by atoms with E-state index in [1.165, 1.54) is 12.3 Å². The van der Waals surface area contributed by atoms with Crippen molar-refractivity contribution in [3.05, 3.63) is 82.6 Å². The number of pyridine rings is 2. The van der Waals surface area contributed by atoms with E-state index in [0.29, 0.717) is 52.9 Å². The maximum Gasteiger partial charge on any atom is 0.452 e. The third-order valence-corrected chi connectivity index (χ3v) is 9.02. The van der Waals surface area contributed by atoms with Crippen LogP contribution in [-0.4, -0.2) is 64.9 Å². The summed E-state index contributed by atoms with van der Waals surface area (Å²) in [6.07, 6.45) is -3.86. The van der Waals surface area contributed by atoms with Crippen LogP contribution in [0.25, 0.3) is 5.65 Å². The molecule has 2 aliphatic rings. The SMILES string of the molecule is Cc1ccc(C(CC(=O)O)c2ccn3c(C(F)(F)F)nnc3c2C)nc1CN1CC2(COC2)Oc2ccccc2[S+]1[O-]. The van der Waals surface area contributed by atoms with Crippen LogP contribution >= 0.6 is 0 Å². The monoisotopic (exact) mass is 601 g/mol. The number of rotatable bonds is 6. The van der Waals surface area contributed by atoms with E-state index in [2.05, 4.69) is 10.2 Å². The minimum atomic E-state index is -4.70. The van der Waals surface area contributed by atoms with Crippen LogP contribution in [0.2, 0.25) is 0 Å². The Hall–Kier alpha value is -3.72. The number of carboxylic acid groups (broad SMARTS) is 1. The molecule has 0 radical (unpaired) electrons. The van der Waals surface area contributed by atoms with Gasteiger partial charge in [-0.25, -0.2) is 0 Å². The number of para-hydroxylation sites is 1. The first-order valence-electron chi connectivity index (χ1n) is 13.1. The van der Waals surface area contributed by atoms with E-state index in [1.807, 2.05) is 19.1 Å². The molecule has 1 aromatic carbocycles. The van der Waals surface area contributed by atoms with Crippen LogP contribution in [0.3, 0.4) is 0 Å². The molecule has 0 aliphatic carbocycles. The molecule has 10 nitrogen and oxygen atoms in total. The van der Waals surface area contributed by atoms with Gasteiger partial charge in [0, 0.05) is 17.8 Å². The van der Waals surface area contributed by atoms with Crippen LogP contribution in [0.4, 0.5) is 13.2 Å². The number of carbonyl (C=O) groups is 1. The van der Waals surface area contributed by atoms with Gasteiger partial charge in [0.05, 0.1) is 49.8 Å². The van der Waals surface area contributed by atoms with Crippen molar-refractivity contribution >= 4 is 23.0 Å². The lowest BCUT2D eigenvalue weighted by molar-refractivity contribution is -0.165. The molecule has 42 heavy (non-hydrogen) atoms. The average Bonchev–Trinajstić information content (AvgIpc) is 3.32. The van der Waals surface area contributed by atoms with Gasteiger partial charge in [0.25, 0.3) is 0 Å². The molecular formula is C28H26F3N5O5S. The molecule has 4 aromatic rings. The van der Waals surface area contributed by atoms with Crippen molar-refractivity contribution in [3.8, 4) is 5.75 Å². The molecule has 0 saturated carbocycles. The smallest absolute Gasteiger partial charge is 0.452 e. The average molecular weight is 602 g/mol. The fourth-order valence-corrected chi connectivity index (χ4v) is 6.73. The fraction of sp³-hybridized carbons (Fsp3) is 0.357. The second-order valence-corrected chi connectivity index (χ2v) is 12.0. The Balaban J connectivity index is 1.37. The van der Waals surface area contributed by atoms with Gasteiger partial charge >= 0.3 is 12.1 Å². The number of aromatic nitrogens is 4. The Morgan fingerprint density at radius 2 is 1.93 bits per heavy atom. The first kappa shape index (κ1) is 28.4. The normalized spacial score (nSPS) is 19.1. The van der Waals surface area contributed by atoms with E-state index in [4.69, 9.17) is 14.5 Å². The van der Waals surface area contributed by atoms with Crippen molar-refractivity contribution in [3.63, 3.8) is 0 Å². The van der Waals surface area contributed by atoms with Crippen molar-refractivity contribution in [2.45, 2.75) is 49.4 Å². The van der Waals surface area contributed by atoms with E-state index in [9.17, 15) is 27.6 Å². The molecule has 2 atom stereocenters. The molecule has 0 amide bonds. The molecule has 5 heterocycles. The van der Waals surface area contributed by atoms with Crippen LogP contribution in [0.1, 0.15) is 46.2 Å². The molecule has 2 aliphatic heterocycles. The number of carboxylic acids is 1. The van der Waals surface area contributed by atoms with Crippen molar-refractivity contribution in [2.75, 3.05) is 19.8 Å². The minimum Gasteiger partial charge on any atom is -0.593 e. The maximum absolute atomic E-state index is 13.7. The number of aliphatic carboxylic acids is 1. The maximum atomic E-state index is 13.7. The summed E-state index contributed by atoms with van der Waals surface area (Å²) in [6, 6.07) is 12.1. The lowest BCUT2D eigenvalue weighted by Crippen LogP contribution is -2.60. The van der Waals surface area contributed by atoms with Gasteiger partial charge in [-0.05, 0) is 54.8 Å². The van der Waals surface area contributed by atoms with Gasteiger partial charge < -0.3 is 19.1 Å². The molecule has 3 aromatic heterocycles. The van der Waals surface area contributed by atoms with Crippen LogP contribution in [0.5, 0.6) is 5.75 Å². The third kappa shape index (κ3) is 5.08. The second kappa shape index (κ2) is 10.5. The molecule has 0 bridgehead atoms. The molecule has 14 heteroatoms.